The van der Waals surface area contributed by atoms with Gasteiger partial charge in [-0.25, -0.2) is 0 Å². The van der Waals surface area contributed by atoms with Crippen LogP contribution in [0.5, 0.6) is 0 Å². The molecule has 0 saturated carbocycles. The Bertz CT molecular complexity index is 931. The number of pyridine rings is 1. The number of carbonyl (C=O) groups excluding carboxylic acids is 1. The molecule has 1 aliphatic heterocycles. The molecule has 0 spiro atoms. The van der Waals surface area contributed by atoms with E-state index in [1.54, 1.807) is 6.20 Å². The molecule has 0 N–H and O–H groups in total. The number of amides is 1. The first-order valence-electron chi connectivity index (χ1n) is 9.56. The van der Waals surface area contributed by atoms with Gasteiger partial charge in [-0.15, -0.1) is 11.3 Å². The van der Waals surface area contributed by atoms with Gasteiger partial charge in [-0.2, -0.15) is 0 Å². The Morgan fingerprint density at radius 2 is 2.04 bits per heavy atom. The Kier molecular flexibility index (Phi) is 5.54. The molecular formula is C21H24N4O2S. The monoisotopic (exact) mass is 396 g/mol. The number of hydrogen-bond acceptors (Lipinski definition) is 6. The summed E-state index contributed by atoms with van der Waals surface area (Å²) in [6, 6.07) is 9.74. The SMILES string of the molecule is Cc1noc(C)c1CN1CCCN(C(=O)c2ccc(-c3ccccn3)s2)CC1. The molecule has 3 aromatic heterocycles. The van der Waals surface area contributed by atoms with E-state index in [1.165, 1.54) is 11.3 Å². The minimum atomic E-state index is 0.117. The summed E-state index contributed by atoms with van der Waals surface area (Å²) in [6.45, 7) is 8.11. The van der Waals surface area contributed by atoms with E-state index in [-0.39, 0.29) is 5.91 Å². The van der Waals surface area contributed by atoms with Crippen molar-refractivity contribution in [1.29, 1.82) is 0 Å². The van der Waals surface area contributed by atoms with Crippen LogP contribution in [-0.4, -0.2) is 52.0 Å². The van der Waals surface area contributed by atoms with Crippen LogP contribution < -0.4 is 0 Å². The fraction of sp³-hybridized carbons (Fsp3) is 0.381. The van der Waals surface area contributed by atoms with Gasteiger partial charge in [-0.1, -0.05) is 11.2 Å². The van der Waals surface area contributed by atoms with Gasteiger partial charge in [0.1, 0.15) is 5.76 Å². The van der Waals surface area contributed by atoms with Gasteiger partial charge in [0, 0.05) is 44.5 Å². The van der Waals surface area contributed by atoms with Gasteiger partial charge in [0.2, 0.25) is 0 Å². The van der Waals surface area contributed by atoms with E-state index >= 15 is 0 Å². The molecule has 7 heteroatoms. The minimum Gasteiger partial charge on any atom is -0.361 e. The van der Waals surface area contributed by atoms with Gasteiger partial charge in [0.05, 0.1) is 21.1 Å². The maximum absolute atomic E-state index is 13.0. The second kappa shape index (κ2) is 8.24. The maximum Gasteiger partial charge on any atom is 0.263 e. The van der Waals surface area contributed by atoms with Crippen molar-refractivity contribution in [2.24, 2.45) is 0 Å². The fourth-order valence-corrected chi connectivity index (χ4v) is 4.49. The van der Waals surface area contributed by atoms with Crippen LogP contribution in [0.1, 0.15) is 33.1 Å². The third kappa shape index (κ3) is 4.00. The molecule has 0 unspecified atom stereocenters. The Labute approximate surface area is 168 Å². The molecule has 1 aliphatic rings. The van der Waals surface area contributed by atoms with Gasteiger partial charge in [0.15, 0.2) is 0 Å². The first-order chi connectivity index (χ1) is 13.6. The van der Waals surface area contributed by atoms with E-state index in [0.29, 0.717) is 0 Å². The van der Waals surface area contributed by atoms with Crippen molar-refractivity contribution in [3.8, 4) is 10.6 Å². The van der Waals surface area contributed by atoms with Gasteiger partial charge < -0.3 is 9.42 Å². The molecule has 0 atom stereocenters. The highest BCUT2D eigenvalue weighted by atomic mass is 32.1. The average molecular weight is 397 g/mol. The van der Waals surface area contributed by atoms with Crippen molar-refractivity contribution in [2.45, 2.75) is 26.8 Å². The number of aryl methyl sites for hydroxylation is 2. The van der Waals surface area contributed by atoms with Crippen LogP contribution in [0, 0.1) is 13.8 Å². The summed E-state index contributed by atoms with van der Waals surface area (Å²) in [5.74, 6) is 1.00. The second-order valence-electron chi connectivity index (χ2n) is 7.10. The molecular weight excluding hydrogens is 372 g/mol. The Morgan fingerprint density at radius 1 is 1.14 bits per heavy atom. The van der Waals surface area contributed by atoms with Crippen LogP contribution in [0.2, 0.25) is 0 Å². The zero-order valence-corrected chi connectivity index (χ0v) is 17.0. The van der Waals surface area contributed by atoms with E-state index < -0.39 is 0 Å². The van der Waals surface area contributed by atoms with Crippen LogP contribution in [0.15, 0.2) is 41.1 Å². The molecule has 4 heterocycles. The van der Waals surface area contributed by atoms with Crippen molar-refractivity contribution in [2.75, 3.05) is 26.2 Å². The summed E-state index contributed by atoms with van der Waals surface area (Å²) in [7, 11) is 0. The predicted octanol–water partition coefficient (Wildman–Crippen LogP) is 3.76. The molecule has 1 amide bonds. The number of thiophene rings is 1. The summed E-state index contributed by atoms with van der Waals surface area (Å²) >= 11 is 1.52. The third-order valence-corrected chi connectivity index (χ3v) is 6.27. The number of carbonyl (C=O) groups is 1. The molecule has 0 aliphatic carbocycles. The average Bonchev–Trinajstić information content (AvgIpc) is 3.24. The van der Waals surface area contributed by atoms with Crippen molar-refractivity contribution < 1.29 is 9.32 Å². The molecule has 0 bridgehead atoms. The van der Waals surface area contributed by atoms with E-state index in [2.05, 4.69) is 15.0 Å². The first-order valence-corrected chi connectivity index (χ1v) is 10.4. The molecule has 4 rings (SSSR count). The second-order valence-corrected chi connectivity index (χ2v) is 8.19. The topological polar surface area (TPSA) is 62.5 Å². The molecule has 0 radical (unpaired) electrons. The van der Waals surface area contributed by atoms with Gasteiger partial charge in [0.25, 0.3) is 5.91 Å². The lowest BCUT2D eigenvalue weighted by atomic mass is 10.2. The van der Waals surface area contributed by atoms with Crippen molar-refractivity contribution in [3.05, 3.63) is 58.4 Å². The van der Waals surface area contributed by atoms with Crippen LogP contribution in [0.4, 0.5) is 0 Å². The quantitative estimate of drug-likeness (QED) is 0.672. The summed E-state index contributed by atoms with van der Waals surface area (Å²) in [5, 5.41) is 4.05. The number of hydrogen-bond donors (Lipinski definition) is 0. The maximum atomic E-state index is 13.0. The van der Waals surface area contributed by atoms with Gasteiger partial charge in [-0.05, 0) is 44.5 Å². The lowest BCUT2D eigenvalue weighted by Crippen LogP contribution is -2.34. The van der Waals surface area contributed by atoms with Crippen LogP contribution >= 0.6 is 11.3 Å². The fourth-order valence-electron chi connectivity index (χ4n) is 3.54. The summed E-state index contributed by atoms with van der Waals surface area (Å²) in [5.41, 5.74) is 3.03. The van der Waals surface area contributed by atoms with E-state index in [9.17, 15) is 4.79 Å². The number of aromatic nitrogens is 2. The summed E-state index contributed by atoms with van der Waals surface area (Å²) in [4.78, 5) is 23.5. The first kappa shape index (κ1) is 18.8. The molecule has 6 nitrogen and oxygen atoms in total. The highest BCUT2D eigenvalue weighted by Crippen LogP contribution is 2.27. The molecule has 1 saturated heterocycles. The lowest BCUT2D eigenvalue weighted by Gasteiger charge is -2.21. The smallest absolute Gasteiger partial charge is 0.263 e. The molecule has 28 heavy (non-hydrogen) atoms. The highest BCUT2D eigenvalue weighted by Gasteiger charge is 2.23. The van der Waals surface area contributed by atoms with E-state index in [4.69, 9.17) is 4.52 Å². The Balaban J connectivity index is 1.40. The predicted molar refractivity (Wildman–Crippen MR) is 109 cm³/mol. The Morgan fingerprint density at radius 3 is 2.79 bits per heavy atom. The molecule has 146 valence electrons. The number of nitrogens with zero attached hydrogens (tertiary/aromatic N) is 4. The largest absolute Gasteiger partial charge is 0.361 e. The standard InChI is InChI=1S/C21H24N4O2S/c1-15-17(16(2)27-23-15)14-24-10-5-11-25(13-12-24)21(26)20-8-7-19(28-20)18-6-3-4-9-22-18/h3-4,6-9H,5,10-14H2,1-2H3. The Hall–Kier alpha value is -2.51. The van der Waals surface area contributed by atoms with E-state index in [0.717, 1.165) is 71.6 Å². The highest BCUT2D eigenvalue weighted by molar-refractivity contribution is 7.17. The van der Waals surface area contributed by atoms with Gasteiger partial charge in [-0.3, -0.25) is 14.7 Å². The zero-order valence-electron chi connectivity index (χ0n) is 16.2. The normalized spacial score (nSPS) is 15.6. The summed E-state index contributed by atoms with van der Waals surface area (Å²) < 4.78 is 5.28. The van der Waals surface area contributed by atoms with E-state index in [1.807, 2.05) is 49.1 Å². The van der Waals surface area contributed by atoms with Crippen molar-refractivity contribution >= 4 is 17.2 Å². The zero-order chi connectivity index (χ0) is 19.5. The van der Waals surface area contributed by atoms with Crippen molar-refractivity contribution in [3.63, 3.8) is 0 Å². The molecule has 1 fully saturated rings. The molecule has 3 aromatic rings. The number of rotatable bonds is 4. The van der Waals surface area contributed by atoms with Crippen LogP contribution in [0.3, 0.4) is 0 Å². The van der Waals surface area contributed by atoms with Crippen LogP contribution in [-0.2, 0) is 6.54 Å². The summed E-state index contributed by atoms with van der Waals surface area (Å²) in [6.07, 6.45) is 2.74. The van der Waals surface area contributed by atoms with Crippen LogP contribution in [0.25, 0.3) is 10.6 Å². The van der Waals surface area contributed by atoms with Gasteiger partial charge >= 0.3 is 0 Å². The minimum absolute atomic E-state index is 0.117. The molecule has 0 aromatic carbocycles. The lowest BCUT2D eigenvalue weighted by molar-refractivity contribution is 0.0766. The third-order valence-electron chi connectivity index (χ3n) is 5.17. The van der Waals surface area contributed by atoms with Crippen molar-refractivity contribution in [1.82, 2.24) is 19.9 Å².